The van der Waals surface area contributed by atoms with Gasteiger partial charge in [-0.2, -0.15) is 0 Å². The molecule has 2 aromatic heterocycles. The summed E-state index contributed by atoms with van der Waals surface area (Å²) in [4.78, 5) is 62.1. The van der Waals surface area contributed by atoms with Gasteiger partial charge in [-0.3, -0.25) is 19.2 Å². The van der Waals surface area contributed by atoms with Crippen molar-refractivity contribution < 1.29 is 23.6 Å². The largest absolute Gasteiger partial charge is 0.353 e. The zero-order chi connectivity index (χ0) is 32.8. The number of fused-ring (bicyclic) bond motifs is 1. The van der Waals surface area contributed by atoms with E-state index in [0.717, 1.165) is 55.4 Å². The average molecular weight is 651 g/mol. The lowest BCUT2D eigenvalue weighted by molar-refractivity contribution is -0.135. The Morgan fingerprint density at radius 3 is 2.48 bits per heavy atom. The van der Waals surface area contributed by atoms with Crippen LogP contribution in [0.5, 0.6) is 0 Å². The molecule has 1 aliphatic carbocycles. The summed E-state index contributed by atoms with van der Waals surface area (Å²) in [5.74, 6) is -2.81. The molecular weight excluding hydrogens is 607 g/mol. The molecule has 3 aromatic rings. The predicted octanol–water partition coefficient (Wildman–Crippen LogP) is 4.53. The number of aromatic nitrogens is 1. The number of benzene rings is 1. The molecule has 1 aliphatic heterocycles. The molecule has 3 heterocycles. The summed E-state index contributed by atoms with van der Waals surface area (Å²) >= 11 is 1.36. The van der Waals surface area contributed by atoms with Gasteiger partial charge >= 0.3 is 0 Å². The fraction of sp³-hybridized carbons (Fsp3) is 0.500. The van der Waals surface area contributed by atoms with Crippen molar-refractivity contribution in [1.29, 1.82) is 0 Å². The third kappa shape index (κ3) is 7.72. The van der Waals surface area contributed by atoms with Crippen LogP contribution in [0.15, 0.2) is 41.9 Å². The molecule has 0 radical (unpaired) electrons. The van der Waals surface area contributed by atoms with Crippen LogP contribution in [0.1, 0.15) is 74.2 Å². The molecule has 1 saturated heterocycles. The Hall–Kier alpha value is -3.90. The number of nitrogens with one attached hydrogen (secondary N) is 3. The number of carbonyl (C=O) groups is 4. The summed E-state index contributed by atoms with van der Waals surface area (Å²) < 4.78 is 15.8. The maximum Gasteiger partial charge on any atom is 0.253 e. The van der Waals surface area contributed by atoms with E-state index in [1.807, 2.05) is 13.1 Å². The molecule has 2 fully saturated rings. The van der Waals surface area contributed by atoms with Crippen LogP contribution in [0.3, 0.4) is 0 Å². The fourth-order valence-corrected chi connectivity index (χ4v) is 7.36. The van der Waals surface area contributed by atoms with Crippen LogP contribution in [0.4, 0.5) is 10.1 Å². The minimum Gasteiger partial charge on any atom is -0.353 e. The van der Waals surface area contributed by atoms with Crippen molar-refractivity contribution in [3.8, 4) is 0 Å². The summed E-state index contributed by atoms with van der Waals surface area (Å²) in [7, 11) is 2.00. The molecule has 12 heteroatoms. The van der Waals surface area contributed by atoms with E-state index in [4.69, 9.17) is 0 Å². The maximum atomic E-state index is 15.8. The SMILES string of the molecule is CCC(=O)N[C@H](C)[C@@H](C(=O)N1CCN(C)CC1)c1ccc(NC(=O)[C@@H](NC(=O)c2csc3ncccc23)C2CCCCC2)c(F)c1. The van der Waals surface area contributed by atoms with Crippen LogP contribution < -0.4 is 16.0 Å². The lowest BCUT2D eigenvalue weighted by Crippen LogP contribution is -2.51. The minimum atomic E-state index is -0.852. The standard InChI is InChI=1S/C34H43FN6O4S/c1-4-28(42)37-21(2)29(34(45)41-17-15-40(3)16-18-41)23-12-13-27(26(35)19-23)38-32(44)30(22-9-6-5-7-10-22)39-31(43)25-20-46-33-24(25)11-8-14-36-33/h8,11-14,19-22,29-30H,4-7,9-10,15-18H2,1-3H3,(H,37,42)(H,38,44)(H,39,43)/t21-,29-,30+/m1/s1. The van der Waals surface area contributed by atoms with E-state index in [0.29, 0.717) is 24.2 Å². The van der Waals surface area contributed by atoms with E-state index in [2.05, 4.69) is 25.8 Å². The smallest absolute Gasteiger partial charge is 0.253 e. The Balaban J connectivity index is 1.36. The van der Waals surface area contributed by atoms with Gasteiger partial charge in [0.15, 0.2) is 0 Å². The molecule has 4 amide bonds. The Labute approximate surface area is 273 Å². The molecule has 0 spiro atoms. The molecule has 0 bridgehead atoms. The third-order valence-corrected chi connectivity index (χ3v) is 10.1. The number of hydrogen-bond donors (Lipinski definition) is 3. The molecular formula is C34H43FN6O4S. The van der Waals surface area contributed by atoms with E-state index in [1.54, 1.807) is 42.5 Å². The van der Waals surface area contributed by atoms with Gasteiger partial charge in [-0.25, -0.2) is 9.37 Å². The zero-order valence-corrected chi connectivity index (χ0v) is 27.5. The van der Waals surface area contributed by atoms with Gasteiger partial charge in [0.05, 0.1) is 17.2 Å². The van der Waals surface area contributed by atoms with Gasteiger partial charge in [0.1, 0.15) is 16.7 Å². The first kappa shape index (κ1) is 33.5. The highest BCUT2D eigenvalue weighted by molar-refractivity contribution is 7.17. The van der Waals surface area contributed by atoms with Crippen molar-refractivity contribution in [2.75, 3.05) is 38.5 Å². The number of thiophene rings is 1. The topological polar surface area (TPSA) is 124 Å². The van der Waals surface area contributed by atoms with E-state index < -0.39 is 29.7 Å². The van der Waals surface area contributed by atoms with Gasteiger partial charge in [-0.1, -0.05) is 32.3 Å². The molecule has 0 unspecified atom stereocenters. The van der Waals surface area contributed by atoms with Crippen LogP contribution in [-0.4, -0.2) is 83.7 Å². The summed E-state index contributed by atoms with van der Waals surface area (Å²) in [6.45, 7) is 6.03. The summed E-state index contributed by atoms with van der Waals surface area (Å²) in [6, 6.07) is 6.52. The van der Waals surface area contributed by atoms with Crippen molar-refractivity contribution in [2.45, 2.75) is 70.4 Å². The first-order chi connectivity index (χ1) is 22.2. The van der Waals surface area contributed by atoms with Gasteiger partial charge in [-0.05, 0) is 62.6 Å². The third-order valence-electron chi connectivity index (χ3n) is 9.19. The van der Waals surface area contributed by atoms with Crippen LogP contribution >= 0.6 is 11.3 Å². The lowest BCUT2D eigenvalue weighted by atomic mass is 9.83. The van der Waals surface area contributed by atoms with Crippen molar-refractivity contribution in [2.24, 2.45) is 5.92 Å². The van der Waals surface area contributed by atoms with Gasteiger partial charge in [0, 0.05) is 55.6 Å². The van der Waals surface area contributed by atoms with Crippen LogP contribution in [0.25, 0.3) is 10.2 Å². The lowest BCUT2D eigenvalue weighted by Gasteiger charge is -2.36. The number of rotatable bonds is 10. The second kappa shape index (κ2) is 15.1. The van der Waals surface area contributed by atoms with Crippen molar-refractivity contribution in [3.63, 3.8) is 0 Å². The normalized spacial score (nSPS) is 18.0. The number of pyridine rings is 1. The number of hydrogen-bond acceptors (Lipinski definition) is 7. The number of halogens is 1. The molecule has 5 rings (SSSR count). The number of amides is 4. The van der Waals surface area contributed by atoms with E-state index in [-0.39, 0.29) is 35.7 Å². The number of likely N-dealkylation sites (N-methyl/N-ethyl adjacent to an activating group) is 1. The van der Waals surface area contributed by atoms with E-state index >= 15 is 4.39 Å². The Bertz CT molecular complexity index is 1570. The number of anilines is 1. The molecule has 246 valence electrons. The van der Waals surface area contributed by atoms with Crippen LogP contribution in [0.2, 0.25) is 0 Å². The van der Waals surface area contributed by atoms with Crippen molar-refractivity contribution in [3.05, 3.63) is 58.9 Å². The van der Waals surface area contributed by atoms with E-state index in [9.17, 15) is 19.2 Å². The van der Waals surface area contributed by atoms with Crippen LogP contribution in [-0.2, 0) is 14.4 Å². The molecule has 3 atom stereocenters. The quantitative estimate of drug-likeness (QED) is 0.297. The number of carbonyl (C=O) groups excluding carboxylic acids is 4. The van der Waals surface area contributed by atoms with Crippen molar-refractivity contribution >= 4 is 50.9 Å². The second-order valence-corrected chi connectivity index (χ2v) is 13.3. The predicted molar refractivity (Wildman–Crippen MR) is 177 cm³/mol. The summed E-state index contributed by atoms with van der Waals surface area (Å²) in [5, 5.41) is 11.0. The highest BCUT2D eigenvalue weighted by Crippen LogP contribution is 2.31. The fourth-order valence-electron chi connectivity index (χ4n) is 6.47. The monoisotopic (exact) mass is 650 g/mol. The summed E-state index contributed by atoms with van der Waals surface area (Å²) in [5.41, 5.74) is 0.834. The van der Waals surface area contributed by atoms with Crippen LogP contribution in [0, 0.1) is 11.7 Å². The Kier molecular flexibility index (Phi) is 11.0. The summed E-state index contributed by atoms with van der Waals surface area (Å²) in [6.07, 6.45) is 6.47. The Morgan fingerprint density at radius 1 is 1.04 bits per heavy atom. The molecule has 1 saturated carbocycles. The second-order valence-electron chi connectivity index (χ2n) is 12.4. The number of piperazine rings is 1. The number of nitrogens with zero attached hydrogens (tertiary/aromatic N) is 3. The van der Waals surface area contributed by atoms with Gasteiger partial charge in [-0.15, -0.1) is 11.3 Å². The van der Waals surface area contributed by atoms with Gasteiger partial charge in [0.25, 0.3) is 5.91 Å². The molecule has 10 nitrogen and oxygen atoms in total. The van der Waals surface area contributed by atoms with Gasteiger partial charge < -0.3 is 25.8 Å². The molecule has 1 aromatic carbocycles. The zero-order valence-electron chi connectivity index (χ0n) is 26.7. The first-order valence-corrected chi connectivity index (χ1v) is 17.0. The highest BCUT2D eigenvalue weighted by Gasteiger charge is 2.35. The van der Waals surface area contributed by atoms with Gasteiger partial charge in [0.2, 0.25) is 17.7 Å². The average Bonchev–Trinajstić information content (AvgIpc) is 3.50. The minimum absolute atomic E-state index is 0.0370. The first-order valence-electron chi connectivity index (χ1n) is 16.2. The van der Waals surface area contributed by atoms with E-state index in [1.165, 1.54) is 23.5 Å². The molecule has 2 aliphatic rings. The highest BCUT2D eigenvalue weighted by atomic mass is 32.1. The van der Waals surface area contributed by atoms with Crippen molar-refractivity contribution in [1.82, 2.24) is 25.4 Å². The molecule has 3 N–H and O–H groups in total. The molecule has 46 heavy (non-hydrogen) atoms. The maximum absolute atomic E-state index is 15.8. The Morgan fingerprint density at radius 2 is 1.78 bits per heavy atom.